The largest absolute Gasteiger partial charge is 0.386 e. The van der Waals surface area contributed by atoms with Gasteiger partial charge in [-0.25, -0.2) is 0 Å². The lowest BCUT2D eigenvalue weighted by Crippen LogP contribution is -2.33. The summed E-state index contributed by atoms with van der Waals surface area (Å²) in [5.41, 5.74) is 6.57. The molecule has 0 aromatic heterocycles. The summed E-state index contributed by atoms with van der Waals surface area (Å²) in [5.74, 6) is 1.03. The van der Waals surface area contributed by atoms with Gasteiger partial charge < -0.3 is 16.2 Å². The quantitative estimate of drug-likeness (QED) is 0.405. The minimum absolute atomic E-state index is 0. The van der Waals surface area contributed by atoms with E-state index in [-0.39, 0.29) is 30.5 Å². The highest BCUT2D eigenvalue weighted by molar-refractivity contribution is 14.0. The summed E-state index contributed by atoms with van der Waals surface area (Å²) in [7, 11) is 0. The highest BCUT2D eigenvalue weighted by atomic mass is 127. The van der Waals surface area contributed by atoms with Gasteiger partial charge in [-0.15, -0.1) is 24.0 Å². The Morgan fingerprint density at radius 3 is 2.53 bits per heavy atom. The average Bonchev–Trinajstić information content (AvgIpc) is 2.36. The maximum atomic E-state index is 9.89. The number of nitrogens with zero attached hydrogens (tertiary/aromatic N) is 1. The Hall–Kier alpha value is -0.820. The first kappa shape index (κ1) is 18.2. The van der Waals surface area contributed by atoms with Crippen molar-refractivity contribution in [1.82, 2.24) is 5.32 Å². The third-order valence-corrected chi connectivity index (χ3v) is 2.65. The van der Waals surface area contributed by atoms with Crippen molar-refractivity contribution in [1.29, 1.82) is 0 Å². The van der Waals surface area contributed by atoms with Crippen LogP contribution >= 0.6 is 24.0 Å². The Balaban J connectivity index is 0.00000324. The second-order valence-corrected chi connectivity index (χ2v) is 4.76. The Morgan fingerprint density at radius 2 is 1.95 bits per heavy atom. The van der Waals surface area contributed by atoms with Gasteiger partial charge in [-0.1, -0.05) is 44.2 Å². The second kappa shape index (κ2) is 10.0. The van der Waals surface area contributed by atoms with Crippen molar-refractivity contribution in [3.8, 4) is 0 Å². The van der Waals surface area contributed by atoms with Crippen LogP contribution < -0.4 is 11.1 Å². The van der Waals surface area contributed by atoms with E-state index >= 15 is 0 Å². The number of aliphatic hydroxyl groups is 1. The van der Waals surface area contributed by atoms with E-state index in [2.05, 4.69) is 24.2 Å². The van der Waals surface area contributed by atoms with Gasteiger partial charge in [0.25, 0.3) is 0 Å². The lowest BCUT2D eigenvalue weighted by Gasteiger charge is -2.10. The van der Waals surface area contributed by atoms with Crippen LogP contribution in [0.25, 0.3) is 0 Å². The molecule has 0 aliphatic heterocycles. The van der Waals surface area contributed by atoms with Gasteiger partial charge in [0, 0.05) is 6.54 Å². The molecule has 1 aromatic carbocycles. The summed E-state index contributed by atoms with van der Waals surface area (Å²) in [6.07, 6.45) is 0.453. The van der Waals surface area contributed by atoms with E-state index in [1.807, 2.05) is 30.3 Å². The zero-order valence-electron chi connectivity index (χ0n) is 11.5. The van der Waals surface area contributed by atoms with E-state index < -0.39 is 6.10 Å². The molecule has 1 rings (SSSR count). The van der Waals surface area contributed by atoms with Crippen molar-refractivity contribution in [3.63, 3.8) is 0 Å². The van der Waals surface area contributed by atoms with Crippen LogP contribution in [0.15, 0.2) is 35.3 Å². The molecule has 0 amide bonds. The van der Waals surface area contributed by atoms with Gasteiger partial charge in [0.2, 0.25) is 0 Å². The Morgan fingerprint density at radius 1 is 1.32 bits per heavy atom. The molecule has 19 heavy (non-hydrogen) atoms. The van der Waals surface area contributed by atoms with Crippen molar-refractivity contribution in [2.24, 2.45) is 16.6 Å². The van der Waals surface area contributed by atoms with E-state index in [4.69, 9.17) is 5.73 Å². The monoisotopic (exact) mass is 377 g/mol. The number of halogens is 1. The molecule has 0 saturated carbocycles. The van der Waals surface area contributed by atoms with E-state index in [0.29, 0.717) is 11.9 Å². The van der Waals surface area contributed by atoms with Gasteiger partial charge in [0.05, 0.1) is 12.6 Å². The smallest absolute Gasteiger partial charge is 0.188 e. The molecular weight excluding hydrogens is 353 g/mol. The maximum absolute atomic E-state index is 9.89. The van der Waals surface area contributed by atoms with Crippen LogP contribution in [0, 0.1) is 5.92 Å². The average molecular weight is 377 g/mol. The number of hydrogen-bond acceptors (Lipinski definition) is 2. The third-order valence-electron chi connectivity index (χ3n) is 2.65. The van der Waals surface area contributed by atoms with Crippen molar-refractivity contribution in [2.45, 2.75) is 26.4 Å². The summed E-state index contributed by atoms with van der Waals surface area (Å²) < 4.78 is 0. The van der Waals surface area contributed by atoms with E-state index in [1.165, 1.54) is 0 Å². The molecule has 0 fully saturated rings. The topological polar surface area (TPSA) is 70.6 Å². The Bertz CT molecular complexity index is 368. The highest BCUT2D eigenvalue weighted by Gasteiger charge is 2.05. The fraction of sp³-hybridized carbons (Fsp3) is 0.500. The van der Waals surface area contributed by atoms with Crippen LogP contribution in [0.1, 0.15) is 31.9 Å². The molecular formula is C14H24IN3O. The lowest BCUT2D eigenvalue weighted by atomic mass is 10.1. The fourth-order valence-corrected chi connectivity index (χ4v) is 1.51. The minimum Gasteiger partial charge on any atom is -0.386 e. The van der Waals surface area contributed by atoms with Crippen LogP contribution in [-0.2, 0) is 0 Å². The molecule has 1 aromatic rings. The summed E-state index contributed by atoms with van der Waals surface area (Å²) in [6.45, 7) is 5.42. The fourth-order valence-electron chi connectivity index (χ4n) is 1.51. The van der Waals surface area contributed by atoms with Gasteiger partial charge in [0.15, 0.2) is 5.96 Å². The Labute approximate surface area is 132 Å². The minimum atomic E-state index is -0.600. The Kier molecular flexibility index (Phi) is 9.59. The van der Waals surface area contributed by atoms with E-state index in [1.54, 1.807) is 0 Å². The molecule has 5 heteroatoms. The molecule has 0 saturated heterocycles. The standard InChI is InChI=1S/C14H23N3O.HI/c1-11(2)8-9-16-14(15)17-10-13(18)12-6-4-3-5-7-12;/h3-7,11,13,18H,8-10H2,1-2H3,(H3,15,16,17);1H. The normalized spacial score (nSPS) is 12.9. The summed E-state index contributed by atoms with van der Waals surface area (Å²) in [5, 5.41) is 12.9. The molecule has 0 bridgehead atoms. The molecule has 1 atom stereocenters. The number of nitrogens with two attached hydrogens (primary N) is 1. The third kappa shape index (κ3) is 8.05. The summed E-state index contributed by atoms with van der Waals surface area (Å²) in [6, 6.07) is 9.46. The second-order valence-electron chi connectivity index (χ2n) is 4.76. The molecule has 0 radical (unpaired) electrons. The van der Waals surface area contributed by atoms with Crippen LogP contribution in [-0.4, -0.2) is 24.2 Å². The predicted octanol–water partition coefficient (Wildman–Crippen LogP) is 2.29. The lowest BCUT2D eigenvalue weighted by molar-refractivity contribution is 0.187. The SMILES string of the molecule is CC(C)CCNC(N)=NCC(O)c1ccccc1.I. The summed E-state index contributed by atoms with van der Waals surface area (Å²) >= 11 is 0. The van der Waals surface area contributed by atoms with Crippen molar-refractivity contribution >= 4 is 29.9 Å². The van der Waals surface area contributed by atoms with Gasteiger partial charge in [-0.3, -0.25) is 4.99 Å². The number of nitrogens with one attached hydrogen (secondary N) is 1. The first-order valence-electron chi connectivity index (χ1n) is 6.36. The first-order chi connectivity index (χ1) is 8.59. The summed E-state index contributed by atoms with van der Waals surface area (Å²) in [4.78, 5) is 4.13. The zero-order valence-corrected chi connectivity index (χ0v) is 13.9. The molecule has 0 aliphatic rings. The van der Waals surface area contributed by atoms with Crippen LogP contribution in [0.5, 0.6) is 0 Å². The number of aliphatic hydroxyl groups excluding tert-OH is 1. The van der Waals surface area contributed by atoms with Gasteiger partial charge in [0.1, 0.15) is 0 Å². The van der Waals surface area contributed by atoms with Gasteiger partial charge >= 0.3 is 0 Å². The molecule has 0 heterocycles. The van der Waals surface area contributed by atoms with Crippen molar-refractivity contribution in [2.75, 3.05) is 13.1 Å². The first-order valence-corrected chi connectivity index (χ1v) is 6.36. The van der Waals surface area contributed by atoms with E-state index in [9.17, 15) is 5.11 Å². The zero-order chi connectivity index (χ0) is 13.4. The maximum Gasteiger partial charge on any atom is 0.188 e. The molecule has 0 aliphatic carbocycles. The molecule has 1 unspecified atom stereocenters. The molecule has 0 spiro atoms. The van der Waals surface area contributed by atoms with Crippen LogP contribution in [0.4, 0.5) is 0 Å². The number of rotatable bonds is 6. The van der Waals surface area contributed by atoms with Crippen LogP contribution in [0.3, 0.4) is 0 Å². The van der Waals surface area contributed by atoms with Gasteiger partial charge in [-0.05, 0) is 17.9 Å². The van der Waals surface area contributed by atoms with Gasteiger partial charge in [-0.2, -0.15) is 0 Å². The predicted molar refractivity (Wildman–Crippen MR) is 90.8 cm³/mol. The molecule has 4 N–H and O–H groups in total. The van der Waals surface area contributed by atoms with Crippen molar-refractivity contribution in [3.05, 3.63) is 35.9 Å². The van der Waals surface area contributed by atoms with Crippen LogP contribution in [0.2, 0.25) is 0 Å². The molecule has 108 valence electrons. The molecule has 4 nitrogen and oxygen atoms in total. The number of benzene rings is 1. The number of hydrogen-bond donors (Lipinski definition) is 3. The number of aliphatic imine (C=N–C) groups is 1. The van der Waals surface area contributed by atoms with Crippen molar-refractivity contribution < 1.29 is 5.11 Å². The van der Waals surface area contributed by atoms with E-state index in [0.717, 1.165) is 18.5 Å². The highest BCUT2D eigenvalue weighted by Crippen LogP contribution is 2.11. The number of guanidine groups is 1.